The summed E-state index contributed by atoms with van der Waals surface area (Å²) in [6.07, 6.45) is 2.15. The SMILES string of the molecule is COc1c(C)cnc(CN(C)C(=O)CC[C@H]2NC(=O)NC2=O)c1C. The molecule has 1 aromatic heterocycles. The van der Waals surface area contributed by atoms with Crippen molar-refractivity contribution in [2.75, 3.05) is 14.2 Å². The summed E-state index contributed by atoms with van der Waals surface area (Å²) in [6, 6.07) is -1.16. The van der Waals surface area contributed by atoms with Crippen molar-refractivity contribution in [3.8, 4) is 5.75 Å². The predicted molar refractivity (Wildman–Crippen MR) is 86.4 cm³/mol. The van der Waals surface area contributed by atoms with Gasteiger partial charge in [0.05, 0.1) is 19.3 Å². The third-order valence-electron chi connectivity index (χ3n) is 4.07. The minimum Gasteiger partial charge on any atom is -0.496 e. The van der Waals surface area contributed by atoms with Gasteiger partial charge in [-0.1, -0.05) is 0 Å². The van der Waals surface area contributed by atoms with Gasteiger partial charge in [-0.3, -0.25) is 19.9 Å². The van der Waals surface area contributed by atoms with Gasteiger partial charge < -0.3 is 15.0 Å². The maximum absolute atomic E-state index is 12.2. The van der Waals surface area contributed by atoms with Gasteiger partial charge in [0.15, 0.2) is 0 Å². The number of amides is 4. The van der Waals surface area contributed by atoms with Gasteiger partial charge in [-0.25, -0.2) is 4.79 Å². The highest BCUT2D eigenvalue weighted by Crippen LogP contribution is 2.24. The van der Waals surface area contributed by atoms with E-state index >= 15 is 0 Å². The Balaban J connectivity index is 1.94. The van der Waals surface area contributed by atoms with Crippen LogP contribution < -0.4 is 15.4 Å². The van der Waals surface area contributed by atoms with Gasteiger partial charge in [0.1, 0.15) is 11.8 Å². The van der Waals surface area contributed by atoms with Crippen molar-refractivity contribution < 1.29 is 19.1 Å². The summed E-state index contributed by atoms with van der Waals surface area (Å²) in [4.78, 5) is 40.7. The number of urea groups is 1. The molecule has 1 saturated heterocycles. The van der Waals surface area contributed by atoms with Gasteiger partial charge in [0, 0.05) is 30.8 Å². The molecule has 2 heterocycles. The Hall–Kier alpha value is -2.64. The first-order chi connectivity index (χ1) is 11.3. The molecule has 4 amide bonds. The van der Waals surface area contributed by atoms with E-state index in [0.717, 1.165) is 22.6 Å². The Labute approximate surface area is 140 Å². The second-order valence-electron chi connectivity index (χ2n) is 5.85. The van der Waals surface area contributed by atoms with Crippen LogP contribution in [0.25, 0.3) is 0 Å². The molecule has 0 saturated carbocycles. The fourth-order valence-electron chi connectivity index (χ4n) is 2.66. The van der Waals surface area contributed by atoms with Crippen molar-refractivity contribution >= 4 is 17.8 Å². The molecular weight excluding hydrogens is 312 g/mol. The van der Waals surface area contributed by atoms with Crippen LogP contribution in [0.1, 0.15) is 29.7 Å². The Morgan fingerprint density at radius 3 is 2.67 bits per heavy atom. The van der Waals surface area contributed by atoms with Gasteiger partial charge in [-0.15, -0.1) is 0 Å². The van der Waals surface area contributed by atoms with Crippen molar-refractivity contribution in [1.29, 1.82) is 0 Å². The highest BCUT2D eigenvalue weighted by atomic mass is 16.5. The number of aromatic nitrogens is 1. The van der Waals surface area contributed by atoms with E-state index in [1.54, 1.807) is 25.3 Å². The average molecular weight is 334 g/mol. The van der Waals surface area contributed by atoms with Gasteiger partial charge in [-0.2, -0.15) is 0 Å². The van der Waals surface area contributed by atoms with Crippen LogP contribution in [0, 0.1) is 13.8 Å². The van der Waals surface area contributed by atoms with E-state index in [2.05, 4.69) is 15.6 Å². The summed E-state index contributed by atoms with van der Waals surface area (Å²) in [7, 11) is 3.29. The zero-order valence-electron chi connectivity index (χ0n) is 14.3. The van der Waals surface area contributed by atoms with Crippen molar-refractivity contribution in [2.45, 2.75) is 39.3 Å². The average Bonchev–Trinajstić information content (AvgIpc) is 2.85. The van der Waals surface area contributed by atoms with Gasteiger partial charge in [0.2, 0.25) is 5.91 Å². The minimum absolute atomic E-state index is 0.121. The van der Waals surface area contributed by atoms with Crippen LogP contribution in [-0.4, -0.2) is 47.9 Å². The zero-order chi connectivity index (χ0) is 17.9. The summed E-state index contributed by atoms with van der Waals surface area (Å²) < 4.78 is 5.37. The molecule has 0 unspecified atom stereocenters. The molecule has 1 atom stereocenters. The molecule has 0 aromatic carbocycles. The lowest BCUT2D eigenvalue weighted by atomic mass is 10.1. The number of hydrogen-bond acceptors (Lipinski definition) is 5. The maximum Gasteiger partial charge on any atom is 0.322 e. The molecule has 1 fully saturated rings. The number of nitrogens with zero attached hydrogens (tertiary/aromatic N) is 2. The summed E-state index contributed by atoms with van der Waals surface area (Å²) >= 11 is 0. The lowest BCUT2D eigenvalue weighted by Crippen LogP contribution is -2.32. The number of carbonyl (C=O) groups excluding carboxylic acids is 3. The quantitative estimate of drug-likeness (QED) is 0.744. The smallest absolute Gasteiger partial charge is 0.322 e. The van der Waals surface area contributed by atoms with E-state index in [4.69, 9.17) is 4.74 Å². The number of hydrogen-bond donors (Lipinski definition) is 2. The first kappa shape index (κ1) is 17.7. The summed E-state index contributed by atoms with van der Waals surface area (Å²) in [6.45, 7) is 4.17. The minimum atomic E-state index is -0.644. The fourth-order valence-corrected chi connectivity index (χ4v) is 2.66. The lowest BCUT2D eigenvalue weighted by molar-refractivity contribution is -0.130. The predicted octanol–water partition coefficient (Wildman–Crippen LogP) is 0.654. The molecule has 1 aliphatic heterocycles. The standard InChI is InChI=1S/C16H22N4O4/c1-9-7-17-12(10(2)14(9)24-4)8-20(3)13(21)6-5-11-15(22)19-16(23)18-11/h7,11H,5-6,8H2,1-4H3,(H2,18,19,22,23)/t11-/m1/s1. The molecule has 0 bridgehead atoms. The van der Waals surface area contributed by atoms with Crippen molar-refractivity contribution in [2.24, 2.45) is 0 Å². The molecule has 0 aliphatic carbocycles. The van der Waals surface area contributed by atoms with Crippen LogP contribution in [-0.2, 0) is 16.1 Å². The fraction of sp³-hybridized carbons (Fsp3) is 0.500. The Bertz CT molecular complexity index is 674. The number of rotatable bonds is 6. The number of imide groups is 1. The van der Waals surface area contributed by atoms with E-state index < -0.39 is 18.0 Å². The molecule has 24 heavy (non-hydrogen) atoms. The number of methoxy groups -OCH3 is 1. The van der Waals surface area contributed by atoms with Crippen molar-refractivity contribution in [1.82, 2.24) is 20.5 Å². The van der Waals surface area contributed by atoms with Crippen LogP contribution in [0.3, 0.4) is 0 Å². The monoisotopic (exact) mass is 334 g/mol. The van der Waals surface area contributed by atoms with Crippen LogP contribution in [0.15, 0.2) is 6.20 Å². The maximum atomic E-state index is 12.2. The van der Waals surface area contributed by atoms with E-state index in [-0.39, 0.29) is 18.7 Å². The van der Waals surface area contributed by atoms with Crippen LogP contribution >= 0.6 is 0 Å². The number of nitrogens with one attached hydrogen (secondary N) is 2. The van der Waals surface area contributed by atoms with Gasteiger partial charge in [-0.05, 0) is 20.3 Å². The number of carbonyl (C=O) groups is 3. The second-order valence-corrected chi connectivity index (χ2v) is 5.85. The van der Waals surface area contributed by atoms with Crippen LogP contribution in [0.5, 0.6) is 5.75 Å². The second kappa shape index (κ2) is 7.29. The van der Waals surface area contributed by atoms with E-state index in [1.807, 2.05) is 13.8 Å². The van der Waals surface area contributed by atoms with E-state index in [9.17, 15) is 14.4 Å². The topological polar surface area (TPSA) is 101 Å². The lowest BCUT2D eigenvalue weighted by Gasteiger charge is -2.20. The highest BCUT2D eigenvalue weighted by molar-refractivity contribution is 6.04. The van der Waals surface area contributed by atoms with E-state index in [0.29, 0.717) is 6.54 Å². The third kappa shape index (κ3) is 3.81. The zero-order valence-corrected chi connectivity index (χ0v) is 14.3. The Kier molecular flexibility index (Phi) is 5.38. The molecule has 8 nitrogen and oxygen atoms in total. The molecule has 0 spiro atoms. The summed E-state index contributed by atoms with van der Waals surface area (Å²) in [5.74, 6) is 0.257. The molecule has 8 heteroatoms. The molecule has 1 aliphatic rings. The van der Waals surface area contributed by atoms with Crippen LogP contribution in [0.2, 0.25) is 0 Å². The molecule has 130 valence electrons. The highest BCUT2D eigenvalue weighted by Gasteiger charge is 2.29. The molecule has 0 radical (unpaired) electrons. The Morgan fingerprint density at radius 2 is 2.08 bits per heavy atom. The van der Waals surface area contributed by atoms with E-state index in [1.165, 1.54) is 0 Å². The molecule has 2 N–H and O–H groups in total. The third-order valence-corrected chi connectivity index (χ3v) is 4.07. The normalized spacial score (nSPS) is 16.6. The number of aryl methyl sites for hydroxylation is 1. The molecule has 1 aromatic rings. The van der Waals surface area contributed by atoms with Crippen molar-refractivity contribution in [3.05, 3.63) is 23.0 Å². The van der Waals surface area contributed by atoms with Crippen molar-refractivity contribution in [3.63, 3.8) is 0 Å². The summed E-state index contributed by atoms with van der Waals surface area (Å²) in [5.41, 5.74) is 2.61. The summed E-state index contributed by atoms with van der Waals surface area (Å²) in [5, 5.41) is 4.63. The molecule has 2 rings (SSSR count). The molecular formula is C16H22N4O4. The van der Waals surface area contributed by atoms with Gasteiger partial charge >= 0.3 is 6.03 Å². The largest absolute Gasteiger partial charge is 0.496 e. The van der Waals surface area contributed by atoms with Crippen LogP contribution in [0.4, 0.5) is 4.79 Å². The number of ether oxygens (including phenoxy) is 1. The first-order valence-corrected chi connectivity index (χ1v) is 7.67. The first-order valence-electron chi connectivity index (χ1n) is 7.67. The van der Waals surface area contributed by atoms with Gasteiger partial charge in [0.25, 0.3) is 5.91 Å². The number of pyridine rings is 1. The Morgan fingerprint density at radius 1 is 1.38 bits per heavy atom.